The lowest BCUT2D eigenvalue weighted by Gasteiger charge is -2.48. The summed E-state index contributed by atoms with van der Waals surface area (Å²) in [6.07, 6.45) is 0.632. The van der Waals surface area contributed by atoms with Gasteiger partial charge in [-0.25, -0.2) is 0 Å². The van der Waals surface area contributed by atoms with Crippen molar-refractivity contribution in [1.82, 2.24) is 0 Å². The number of benzene rings is 1. The maximum absolute atomic E-state index is 9.49. The zero-order valence-corrected chi connectivity index (χ0v) is 18.2. The molecule has 0 saturated carbocycles. The lowest BCUT2D eigenvalue weighted by molar-refractivity contribution is -0.301. The van der Waals surface area contributed by atoms with Gasteiger partial charge in [0.1, 0.15) is 6.10 Å². The van der Waals surface area contributed by atoms with Gasteiger partial charge in [0.05, 0.1) is 24.9 Å². The second-order valence-electron chi connectivity index (χ2n) is 9.13. The summed E-state index contributed by atoms with van der Waals surface area (Å²) < 4.78 is 25.1. The first-order valence-corrected chi connectivity index (χ1v) is 12.9. The number of fused-ring (bicyclic) bond motifs is 1. The summed E-state index contributed by atoms with van der Waals surface area (Å²) in [5.41, 5.74) is 1.02. The van der Waals surface area contributed by atoms with Gasteiger partial charge < -0.3 is 23.7 Å². The van der Waals surface area contributed by atoms with E-state index in [1.807, 2.05) is 30.3 Å². The molecule has 2 aliphatic rings. The number of hydrogen-bond donors (Lipinski definition) is 1. The molecule has 1 aromatic carbocycles. The third-order valence-corrected chi connectivity index (χ3v) is 10.6. The van der Waals surface area contributed by atoms with Crippen LogP contribution in [0.3, 0.4) is 0 Å². The quantitative estimate of drug-likeness (QED) is 0.764. The molecule has 1 aromatic rings. The SMILES string of the molecule is CC(C)(C)[Si](C)(C)O[C@@H]1C[C@@H]2OC(c3ccccc3)OC[C@H]2O[C@H]1CCO. The van der Waals surface area contributed by atoms with Crippen LogP contribution in [0.25, 0.3) is 0 Å². The summed E-state index contributed by atoms with van der Waals surface area (Å²) in [5, 5.41) is 9.62. The molecule has 0 radical (unpaired) electrons. The van der Waals surface area contributed by atoms with E-state index >= 15 is 0 Å². The monoisotopic (exact) mass is 394 g/mol. The van der Waals surface area contributed by atoms with Gasteiger partial charge in [0.2, 0.25) is 0 Å². The Morgan fingerprint density at radius 3 is 2.44 bits per heavy atom. The average molecular weight is 395 g/mol. The molecule has 2 saturated heterocycles. The lowest BCUT2D eigenvalue weighted by Crippen LogP contribution is -2.57. The minimum absolute atomic E-state index is 0.0613. The van der Waals surface area contributed by atoms with Gasteiger partial charge in [-0.15, -0.1) is 0 Å². The molecule has 0 bridgehead atoms. The second-order valence-corrected chi connectivity index (χ2v) is 13.9. The predicted molar refractivity (Wildman–Crippen MR) is 107 cm³/mol. The van der Waals surface area contributed by atoms with Gasteiger partial charge in [0.25, 0.3) is 0 Å². The van der Waals surface area contributed by atoms with Crippen molar-refractivity contribution in [1.29, 1.82) is 0 Å². The molecule has 27 heavy (non-hydrogen) atoms. The minimum Gasteiger partial charge on any atom is -0.411 e. The Morgan fingerprint density at radius 2 is 1.81 bits per heavy atom. The smallest absolute Gasteiger partial charge is 0.192 e. The first kappa shape index (κ1) is 21.0. The maximum atomic E-state index is 9.49. The van der Waals surface area contributed by atoms with Crippen molar-refractivity contribution < 1.29 is 23.7 Å². The van der Waals surface area contributed by atoms with Crippen LogP contribution >= 0.6 is 0 Å². The van der Waals surface area contributed by atoms with E-state index in [2.05, 4.69) is 33.9 Å². The average Bonchev–Trinajstić information content (AvgIpc) is 2.61. The van der Waals surface area contributed by atoms with Gasteiger partial charge in [-0.1, -0.05) is 51.1 Å². The van der Waals surface area contributed by atoms with Crippen LogP contribution in [0, 0.1) is 0 Å². The molecule has 0 spiro atoms. The largest absolute Gasteiger partial charge is 0.411 e. The van der Waals surface area contributed by atoms with E-state index in [1.165, 1.54) is 0 Å². The zero-order valence-electron chi connectivity index (χ0n) is 17.2. The van der Waals surface area contributed by atoms with Crippen molar-refractivity contribution in [2.75, 3.05) is 13.2 Å². The van der Waals surface area contributed by atoms with Crippen LogP contribution in [0.15, 0.2) is 30.3 Å². The Morgan fingerprint density at radius 1 is 1.11 bits per heavy atom. The van der Waals surface area contributed by atoms with Crippen LogP contribution in [0.4, 0.5) is 0 Å². The second kappa shape index (κ2) is 8.31. The van der Waals surface area contributed by atoms with Gasteiger partial charge in [0.15, 0.2) is 14.6 Å². The van der Waals surface area contributed by atoms with Gasteiger partial charge in [-0.3, -0.25) is 0 Å². The molecule has 5 atom stereocenters. The number of rotatable bonds is 5. The molecule has 152 valence electrons. The molecule has 1 N–H and O–H groups in total. The third kappa shape index (κ3) is 4.81. The molecule has 2 fully saturated rings. The fourth-order valence-electron chi connectivity index (χ4n) is 3.45. The fourth-order valence-corrected chi connectivity index (χ4v) is 4.81. The minimum atomic E-state index is -1.95. The summed E-state index contributed by atoms with van der Waals surface area (Å²) in [6.45, 7) is 11.8. The third-order valence-electron chi connectivity index (χ3n) is 6.09. The Kier molecular flexibility index (Phi) is 6.45. The van der Waals surface area contributed by atoms with Crippen molar-refractivity contribution in [3.05, 3.63) is 35.9 Å². The predicted octanol–water partition coefficient (Wildman–Crippen LogP) is 4.03. The normalized spacial score (nSPS) is 32.1. The standard InChI is InChI=1S/C21H34O5Si/c1-21(2,3)27(4,5)26-18-13-17-19(24-16(18)11-12-22)14-23-20(25-17)15-9-7-6-8-10-15/h6-10,16-20,22H,11-14H2,1-5H3/t16-,17-,18+,19+,20?/m0/s1. The Labute approximate surface area is 164 Å². The molecular weight excluding hydrogens is 360 g/mol. The molecule has 0 amide bonds. The fraction of sp³-hybridized carbons (Fsp3) is 0.714. The highest BCUT2D eigenvalue weighted by Crippen LogP contribution is 2.41. The first-order chi connectivity index (χ1) is 12.7. The maximum Gasteiger partial charge on any atom is 0.192 e. The van der Waals surface area contributed by atoms with Gasteiger partial charge in [-0.2, -0.15) is 0 Å². The lowest BCUT2D eigenvalue weighted by atomic mass is 9.96. The van der Waals surface area contributed by atoms with Crippen LogP contribution in [-0.4, -0.2) is 51.1 Å². The molecule has 0 aromatic heterocycles. The van der Waals surface area contributed by atoms with E-state index in [9.17, 15) is 5.11 Å². The number of hydrogen-bond acceptors (Lipinski definition) is 5. The van der Waals surface area contributed by atoms with Crippen LogP contribution in [-0.2, 0) is 18.6 Å². The van der Waals surface area contributed by atoms with Gasteiger partial charge in [-0.05, 0) is 24.6 Å². The summed E-state index contributed by atoms with van der Waals surface area (Å²) in [4.78, 5) is 0. The van der Waals surface area contributed by atoms with E-state index in [-0.39, 0.29) is 42.4 Å². The van der Waals surface area contributed by atoms with Crippen molar-refractivity contribution >= 4 is 8.32 Å². The molecule has 2 aliphatic heterocycles. The Hall–Kier alpha value is -0.763. The highest BCUT2D eigenvalue weighted by atomic mass is 28.4. The van der Waals surface area contributed by atoms with E-state index in [4.69, 9.17) is 18.6 Å². The van der Waals surface area contributed by atoms with E-state index in [1.54, 1.807) is 0 Å². The summed E-state index contributed by atoms with van der Waals surface area (Å²) in [5.74, 6) is 0. The Balaban J connectivity index is 1.72. The topological polar surface area (TPSA) is 57.2 Å². The van der Waals surface area contributed by atoms with Crippen LogP contribution in [0.2, 0.25) is 18.1 Å². The van der Waals surface area contributed by atoms with Gasteiger partial charge >= 0.3 is 0 Å². The van der Waals surface area contributed by atoms with Crippen molar-refractivity contribution in [2.24, 2.45) is 0 Å². The molecule has 1 unspecified atom stereocenters. The van der Waals surface area contributed by atoms with Crippen molar-refractivity contribution in [3.63, 3.8) is 0 Å². The van der Waals surface area contributed by atoms with Crippen LogP contribution in [0.1, 0.15) is 45.5 Å². The van der Waals surface area contributed by atoms with E-state index in [0.29, 0.717) is 13.0 Å². The molecule has 0 aliphatic carbocycles. The van der Waals surface area contributed by atoms with Crippen molar-refractivity contribution in [3.8, 4) is 0 Å². The molecule has 2 heterocycles. The summed E-state index contributed by atoms with van der Waals surface area (Å²) in [6, 6.07) is 10.0. The first-order valence-electron chi connectivity index (χ1n) is 9.97. The van der Waals surface area contributed by atoms with E-state index in [0.717, 1.165) is 12.0 Å². The summed E-state index contributed by atoms with van der Waals surface area (Å²) >= 11 is 0. The Bertz CT molecular complexity index is 600. The van der Waals surface area contributed by atoms with E-state index < -0.39 is 8.32 Å². The number of aliphatic hydroxyl groups is 1. The molecule has 6 heteroatoms. The van der Waals surface area contributed by atoms with Gasteiger partial charge in [0, 0.05) is 18.6 Å². The highest BCUT2D eigenvalue weighted by Gasteiger charge is 2.47. The number of aliphatic hydroxyl groups excluding tert-OH is 1. The van der Waals surface area contributed by atoms with Crippen molar-refractivity contribution in [2.45, 2.75) is 82.5 Å². The molecule has 3 rings (SSSR count). The zero-order chi connectivity index (χ0) is 19.7. The van der Waals surface area contributed by atoms with Crippen LogP contribution < -0.4 is 0 Å². The molecular formula is C21H34O5Si. The number of ether oxygens (including phenoxy) is 3. The molecule has 5 nitrogen and oxygen atoms in total. The summed E-state index contributed by atoms with van der Waals surface area (Å²) in [7, 11) is -1.95. The van der Waals surface area contributed by atoms with Crippen LogP contribution in [0.5, 0.6) is 0 Å². The highest BCUT2D eigenvalue weighted by molar-refractivity contribution is 6.74.